The summed E-state index contributed by atoms with van der Waals surface area (Å²) < 4.78 is 0.922. The third-order valence-corrected chi connectivity index (χ3v) is 5.23. The molecular formula is C20H23BrN2O. The largest absolute Gasteiger partial charge is 0.325 e. The lowest BCUT2D eigenvalue weighted by molar-refractivity contribution is -0.121. The maximum Gasteiger partial charge on any atom is 0.228 e. The Balaban J connectivity index is 1.59. The number of carbonyl (C=O) groups is 1. The third-order valence-electron chi connectivity index (χ3n) is 4.53. The van der Waals surface area contributed by atoms with E-state index in [9.17, 15) is 4.79 Å². The summed E-state index contributed by atoms with van der Waals surface area (Å²) in [4.78, 5) is 15.0. The Labute approximate surface area is 152 Å². The van der Waals surface area contributed by atoms with Crippen LogP contribution in [0.4, 0.5) is 5.69 Å². The number of nitrogens with one attached hydrogen (secondary N) is 1. The molecule has 0 spiro atoms. The van der Waals surface area contributed by atoms with Crippen LogP contribution in [0, 0.1) is 12.8 Å². The average Bonchev–Trinajstić information content (AvgIpc) is 2.59. The monoisotopic (exact) mass is 386 g/mol. The smallest absolute Gasteiger partial charge is 0.228 e. The molecule has 1 unspecified atom stereocenters. The van der Waals surface area contributed by atoms with E-state index in [1.165, 1.54) is 11.1 Å². The summed E-state index contributed by atoms with van der Waals surface area (Å²) in [5, 5.41) is 3.06. The molecule has 3 rings (SSSR count). The molecule has 2 aromatic rings. The van der Waals surface area contributed by atoms with Crippen molar-refractivity contribution < 1.29 is 4.79 Å². The molecule has 24 heavy (non-hydrogen) atoms. The van der Waals surface area contributed by atoms with Crippen LogP contribution < -0.4 is 5.32 Å². The number of para-hydroxylation sites is 1. The summed E-state index contributed by atoms with van der Waals surface area (Å²) in [6, 6.07) is 16.4. The highest BCUT2D eigenvalue weighted by Gasteiger charge is 2.26. The minimum Gasteiger partial charge on any atom is -0.325 e. The lowest BCUT2D eigenvalue weighted by Crippen LogP contribution is -2.40. The Kier molecular flexibility index (Phi) is 5.69. The number of nitrogens with zero attached hydrogens (tertiary/aromatic N) is 1. The summed E-state index contributed by atoms with van der Waals surface area (Å²) >= 11 is 3.49. The summed E-state index contributed by atoms with van der Waals surface area (Å²) in [5.74, 6) is 0.173. The normalized spacial score (nSPS) is 18.3. The Hall–Kier alpha value is -1.65. The standard InChI is InChI=1S/C20H23BrN2O/c1-15-8-10-16(11-9-15)13-23-12-4-5-17(14-23)20(24)22-19-7-3-2-6-18(19)21/h2-3,6-11,17H,4-5,12-14H2,1H3,(H,22,24). The fourth-order valence-corrected chi connectivity index (χ4v) is 3.55. The number of halogens is 1. The molecule has 4 heteroatoms. The van der Waals surface area contributed by atoms with E-state index in [1.807, 2.05) is 24.3 Å². The Morgan fingerprint density at radius 1 is 1.21 bits per heavy atom. The zero-order valence-electron chi connectivity index (χ0n) is 14.0. The average molecular weight is 387 g/mol. The van der Waals surface area contributed by atoms with Crippen molar-refractivity contribution in [3.8, 4) is 0 Å². The van der Waals surface area contributed by atoms with E-state index in [2.05, 4.69) is 57.3 Å². The van der Waals surface area contributed by atoms with Crippen molar-refractivity contribution in [2.45, 2.75) is 26.3 Å². The molecule has 0 aliphatic carbocycles. The molecule has 1 aliphatic heterocycles. The topological polar surface area (TPSA) is 32.3 Å². The number of aryl methyl sites for hydroxylation is 1. The van der Waals surface area contributed by atoms with E-state index in [0.29, 0.717) is 0 Å². The van der Waals surface area contributed by atoms with Gasteiger partial charge in [0.1, 0.15) is 0 Å². The van der Waals surface area contributed by atoms with E-state index < -0.39 is 0 Å². The molecule has 0 radical (unpaired) electrons. The van der Waals surface area contributed by atoms with Gasteiger partial charge in [0.05, 0.1) is 11.6 Å². The van der Waals surface area contributed by atoms with E-state index >= 15 is 0 Å². The number of piperidine rings is 1. The van der Waals surface area contributed by atoms with Crippen LogP contribution in [0.1, 0.15) is 24.0 Å². The van der Waals surface area contributed by atoms with Crippen molar-refractivity contribution in [3.63, 3.8) is 0 Å². The van der Waals surface area contributed by atoms with Gasteiger partial charge in [-0.1, -0.05) is 42.0 Å². The molecule has 1 atom stereocenters. The van der Waals surface area contributed by atoms with Gasteiger partial charge < -0.3 is 5.32 Å². The molecule has 0 saturated carbocycles. The van der Waals surface area contributed by atoms with Crippen LogP contribution in [0.2, 0.25) is 0 Å². The van der Waals surface area contributed by atoms with Crippen molar-refractivity contribution >= 4 is 27.5 Å². The van der Waals surface area contributed by atoms with Crippen LogP contribution in [-0.2, 0) is 11.3 Å². The number of rotatable bonds is 4. The molecule has 126 valence electrons. The van der Waals surface area contributed by atoms with Crippen molar-refractivity contribution in [1.29, 1.82) is 0 Å². The first-order valence-electron chi connectivity index (χ1n) is 8.45. The predicted molar refractivity (Wildman–Crippen MR) is 102 cm³/mol. The zero-order chi connectivity index (χ0) is 16.9. The number of carbonyl (C=O) groups excluding carboxylic acids is 1. The Morgan fingerprint density at radius 2 is 1.96 bits per heavy atom. The maximum absolute atomic E-state index is 12.6. The molecule has 1 fully saturated rings. The molecule has 0 bridgehead atoms. The van der Waals surface area contributed by atoms with Crippen LogP contribution in [-0.4, -0.2) is 23.9 Å². The quantitative estimate of drug-likeness (QED) is 0.831. The van der Waals surface area contributed by atoms with Gasteiger partial charge in [-0.05, 0) is 59.9 Å². The summed E-state index contributed by atoms with van der Waals surface area (Å²) in [6.45, 7) is 4.91. The van der Waals surface area contributed by atoms with Gasteiger partial charge in [0, 0.05) is 17.6 Å². The molecular weight excluding hydrogens is 364 g/mol. The number of likely N-dealkylation sites (tertiary alicyclic amines) is 1. The Morgan fingerprint density at radius 3 is 2.71 bits per heavy atom. The number of anilines is 1. The highest BCUT2D eigenvalue weighted by molar-refractivity contribution is 9.10. The van der Waals surface area contributed by atoms with Gasteiger partial charge in [0.25, 0.3) is 0 Å². The zero-order valence-corrected chi connectivity index (χ0v) is 15.6. The van der Waals surface area contributed by atoms with Crippen molar-refractivity contribution in [2.75, 3.05) is 18.4 Å². The maximum atomic E-state index is 12.6. The first-order valence-corrected chi connectivity index (χ1v) is 9.24. The van der Waals surface area contributed by atoms with E-state index in [-0.39, 0.29) is 11.8 Å². The van der Waals surface area contributed by atoms with Crippen LogP contribution in [0.25, 0.3) is 0 Å². The third kappa shape index (κ3) is 4.46. The fourth-order valence-electron chi connectivity index (χ4n) is 3.16. The van der Waals surface area contributed by atoms with Crippen LogP contribution in [0.3, 0.4) is 0 Å². The highest BCUT2D eigenvalue weighted by Crippen LogP contribution is 2.24. The van der Waals surface area contributed by atoms with Gasteiger partial charge in [0.2, 0.25) is 5.91 Å². The number of hydrogen-bond donors (Lipinski definition) is 1. The summed E-state index contributed by atoms with van der Waals surface area (Å²) in [6.07, 6.45) is 2.03. The van der Waals surface area contributed by atoms with Gasteiger partial charge in [-0.2, -0.15) is 0 Å². The molecule has 1 N–H and O–H groups in total. The first kappa shape index (κ1) is 17.2. The van der Waals surface area contributed by atoms with Gasteiger partial charge in [-0.3, -0.25) is 9.69 Å². The van der Waals surface area contributed by atoms with Crippen LogP contribution in [0.15, 0.2) is 53.0 Å². The van der Waals surface area contributed by atoms with Crippen molar-refractivity contribution in [3.05, 3.63) is 64.1 Å². The second kappa shape index (κ2) is 7.95. The van der Waals surface area contributed by atoms with Gasteiger partial charge >= 0.3 is 0 Å². The van der Waals surface area contributed by atoms with Crippen LogP contribution >= 0.6 is 15.9 Å². The van der Waals surface area contributed by atoms with Crippen molar-refractivity contribution in [2.24, 2.45) is 5.92 Å². The summed E-state index contributed by atoms with van der Waals surface area (Å²) in [5.41, 5.74) is 3.44. The van der Waals surface area contributed by atoms with Gasteiger partial charge in [-0.15, -0.1) is 0 Å². The van der Waals surface area contributed by atoms with Gasteiger partial charge in [0.15, 0.2) is 0 Å². The molecule has 0 aromatic heterocycles. The summed E-state index contributed by atoms with van der Waals surface area (Å²) in [7, 11) is 0. The SMILES string of the molecule is Cc1ccc(CN2CCCC(C(=O)Nc3ccccc3Br)C2)cc1. The first-order chi connectivity index (χ1) is 11.6. The molecule has 2 aromatic carbocycles. The molecule has 3 nitrogen and oxygen atoms in total. The molecule has 1 saturated heterocycles. The number of hydrogen-bond acceptors (Lipinski definition) is 2. The Bertz CT molecular complexity index is 699. The second-order valence-electron chi connectivity index (χ2n) is 6.53. The van der Waals surface area contributed by atoms with Crippen molar-refractivity contribution in [1.82, 2.24) is 4.90 Å². The second-order valence-corrected chi connectivity index (χ2v) is 7.38. The fraction of sp³-hybridized carbons (Fsp3) is 0.350. The minimum absolute atomic E-state index is 0.0521. The number of benzene rings is 2. The lowest BCUT2D eigenvalue weighted by Gasteiger charge is -2.32. The highest BCUT2D eigenvalue weighted by atomic mass is 79.9. The van der Waals surface area contributed by atoms with E-state index in [0.717, 1.165) is 42.6 Å². The van der Waals surface area contributed by atoms with E-state index in [1.54, 1.807) is 0 Å². The molecule has 1 amide bonds. The van der Waals surface area contributed by atoms with Crippen LogP contribution in [0.5, 0.6) is 0 Å². The van der Waals surface area contributed by atoms with E-state index in [4.69, 9.17) is 0 Å². The predicted octanol–water partition coefficient (Wildman–Crippen LogP) is 4.61. The molecule has 1 aliphatic rings. The molecule has 1 heterocycles. The van der Waals surface area contributed by atoms with Gasteiger partial charge in [-0.25, -0.2) is 0 Å². The number of amides is 1. The lowest BCUT2D eigenvalue weighted by atomic mass is 9.96. The minimum atomic E-state index is 0.0521.